The van der Waals surface area contributed by atoms with Gasteiger partial charge in [-0.1, -0.05) is 0 Å². The van der Waals surface area contributed by atoms with Crippen molar-refractivity contribution in [3.63, 3.8) is 0 Å². The molecule has 0 aliphatic heterocycles. The third-order valence-electron chi connectivity index (χ3n) is 1.17. The molecule has 0 aliphatic carbocycles. The molecule has 3 heteroatoms. The molecular formula is C7H15NOSe. The van der Waals surface area contributed by atoms with E-state index in [4.69, 9.17) is 5.73 Å². The van der Waals surface area contributed by atoms with Crippen LogP contribution in [0.15, 0.2) is 0 Å². The van der Waals surface area contributed by atoms with Crippen LogP contribution in [0.2, 0.25) is 10.6 Å². The first-order chi connectivity index (χ1) is 4.68. The number of carbonyl (C=O) groups is 1. The number of carbonyl (C=O) groups excluding carboxylic acids is 1. The molecule has 0 saturated carbocycles. The van der Waals surface area contributed by atoms with Gasteiger partial charge in [-0.05, 0) is 0 Å². The Morgan fingerprint density at radius 1 is 1.70 bits per heavy atom. The van der Waals surface area contributed by atoms with Gasteiger partial charge in [0.25, 0.3) is 0 Å². The predicted molar refractivity (Wildman–Crippen MR) is 44.3 cm³/mol. The number of hydrogen-bond acceptors (Lipinski definition) is 2. The molecule has 1 unspecified atom stereocenters. The van der Waals surface area contributed by atoms with E-state index in [1.165, 1.54) is 11.7 Å². The number of Topliss-reactive ketones (excluding diaryl/α,β-unsaturated/α-hetero) is 1. The summed E-state index contributed by atoms with van der Waals surface area (Å²) in [6, 6.07) is -0.188. The molecule has 0 amide bonds. The summed E-state index contributed by atoms with van der Waals surface area (Å²) in [5.41, 5.74) is 5.52. The molecular weight excluding hydrogens is 193 g/mol. The summed E-state index contributed by atoms with van der Waals surface area (Å²) in [6.45, 7) is 3.72. The van der Waals surface area contributed by atoms with Crippen LogP contribution in [0.25, 0.3) is 0 Å². The van der Waals surface area contributed by atoms with Gasteiger partial charge in [-0.15, -0.1) is 0 Å². The maximum atomic E-state index is 10.6. The molecule has 0 saturated heterocycles. The second-order valence-corrected chi connectivity index (χ2v) is 4.70. The van der Waals surface area contributed by atoms with Gasteiger partial charge in [0.05, 0.1) is 0 Å². The van der Waals surface area contributed by atoms with Crippen molar-refractivity contribution in [3.05, 3.63) is 0 Å². The average molecular weight is 208 g/mol. The first kappa shape index (κ1) is 10.1. The van der Waals surface area contributed by atoms with Crippen molar-refractivity contribution in [2.75, 3.05) is 0 Å². The number of ketones is 1. The summed E-state index contributed by atoms with van der Waals surface area (Å²) in [4.78, 5) is 10.6. The number of hydrogen-bond donors (Lipinski definition) is 1. The SMILES string of the molecule is CCC[Se]CC(N)C(C)=O. The van der Waals surface area contributed by atoms with Crippen LogP contribution in [0.4, 0.5) is 0 Å². The Morgan fingerprint density at radius 2 is 2.30 bits per heavy atom. The minimum absolute atomic E-state index is 0.123. The molecule has 10 heavy (non-hydrogen) atoms. The van der Waals surface area contributed by atoms with Gasteiger partial charge in [-0.25, -0.2) is 0 Å². The molecule has 60 valence electrons. The Bertz CT molecular complexity index is 106. The fourth-order valence-corrected chi connectivity index (χ4v) is 2.45. The van der Waals surface area contributed by atoms with Gasteiger partial charge in [-0.3, -0.25) is 0 Å². The van der Waals surface area contributed by atoms with Crippen molar-refractivity contribution in [2.24, 2.45) is 5.73 Å². The van der Waals surface area contributed by atoms with E-state index in [1.54, 1.807) is 6.92 Å². The molecule has 0 rings (SSSR count). The van der Waals surface area contributed by atoms with Crippen molar-refractivity contribution < 1.29 is 4.79 Å². The second-order valence-electron chi connectivity index (χ2n) is 2.29. The van der Waals surface area contributed by atoms with E-state index >= 15 is 0 Å². The third kappa shape index (κ3) is 4.98. The molecule has 0 radical (unpaired) electrons. The molecule has 2 nitrogen and oxygen atoms in total. The van der Waals surface area contributed by atoms with E-state index in [1.807, 2.05) is 0 Å². The first-order valence-corrected chi connectivity index (χ1v) is 5.94. The zero-order valence-corrected chi connectivity index (χ0v) is 8.31. The Hall–Kier alpha value is 0.149. The number of nitrogens with two attached hydrogens (primary N) is 1. The zero-order chi connectivity index (χ0) is 7.98. The molecule has 0 bridgehead atoms. The topological polar surface area (TPSA) is 43.1 Å². The zero-order valence-electron chi connectivity index (χ0n) is 6.59. The molecule has 0 aromatic heterocycles. The average Bonchev–Trinajstić information content (AvgIpc) is 1.88. The van der Waals surface area contributed by atoms with E-state index in [-0.39, 0.29) is 11.8 Å². The summed E-state index contributed by atoms with van der Waals surface area (Å²) < 4.78 is 0. The summed E-state index contributed by atoms with van der Waals surface area (Å²) >= 11 is 0.583. The van der Waals surface area contributed by atoms with Gasteiger partial charge in [0.15, 0.2) is 0 Å². The van der Waals surface area contributed by atoms with Gasteiger partial charge in [0.2, 0.25) is 0 Å². The Morgan fingerprint density at radius 3 is 2.70 bits per heavy atom. The van der Waals surface area contributed by atoms with Gasteiger partial charge in [0, 0.05) is 0 Å². The molecule has 2 N–H and O–H groups in total. The fourth-order valence-electron chi connectivity index (χ4n) is 0.472. The van der Waals surface area contributed by atoms with Crippen LogP contribution in [0.1, 0.15) is 20.3 Å². The molecule has 0 spiro atoms. The van der Waals surface area contributed by atoms with Crippen LogP contribution in [0.5, 0.6) is 0 Å². The molecule has 0 aliphatic rings. The summed E-state index contributed by atoms with van der Waals surface area (Å²) in [6.07, 6.45) is 1.21. The quantitative estimate of drug-likeness (QED) is 0.537. The molecule has 0 heterocycles. The van der Waals surface area contributed by atoms with Crippen LogP contribution in [-0.4, -0.2) is 26.8 Å². The predicted octanol–water partition coefficient (Wildman–Crippen LogP) is 0.853. The van der Waals surface area contributed by atoms with E-state index in [2.05, 4.69) is 6.92 Å². The minimum atomic E-state index is -0.188. The molecule has 0 aromatic rings. The van der Waals surface area contributed by atoms with Crippen LogP contribution >= 0.6 is 0 Å². The van der Waals surface area contributed by atoms with Gasteiger partial charge in [0.1, 0.15) is 0 Å². The van der Waals surface area contributed by atoms with Crippen LogP contribution in [0, 0.1) is 0 Å². The van der Waals surface area contributed by atoms with Crippen molar-refractivity contribution in [1.82, 2.24) is 0 Å². The Labute approximate surface area is 68.7 Å². The van der Waals surface area contributed by atoms with Crippen LogP contribution < -0.4 is 5.73 Å². The molecule has 1 atom stereocenters. The van der Waals surface area contributed by atoms with Crippen molar-refractivity contribution in [2.45, 2.75) is 36.9 Å². The van der Waals surface area contributed by atoms with Gasteiger partial charge < -0.3 is 0 Å². The van der Waals surface area contributed by atoms with E-state index in [0.29, 0.717) is 15.0 Å². The molecule has 0 aromatic carbocycles. The number of rotatable bonds is 5. The van der Waals surface area contributed by atoms with E-state index in [0.717, 1.165) is 5.32 Å². The van der Waals surface area contributed by atoms with Crippen molar-refractivity contribution >= 4 is 20.7 Å². The third-order valence-corrected chi connectivity index (χ3v) is 3.88. The summed E-state index contributed by atoms with van der Waals surface area (Å²) in [5, 5.41) is 2.16. The summed E-state index contributed by atoms with van der Waals surface area (Å²) in [5.74, 6) is 0.123. The van der Waals surface area contributed by atoms with E-state index in [9.17, 15) is 4.79 Å². The van der Waals surface area contributed by atoms with Gasteiger partial charge >= 0.3 is 68.2 Å². The van der Waals surface area contributed by atoms with Crippen LogP contribution in [0.3, 0.4) is 0 Å². The van der Waals surface area contributed by atoms with Crippen LogP contribution in [-0.2, 0) is 4.79 Å². The van der Waals surface area contributed by atoms with Crippen molar-refractivity contribution in [3.8, 4) is 0 Å². The second kappa shape index (κ2) is 5.90. The monoisotopic (exact) mass is 209 g/mol. The Kier molecular flexibility index (Phi) is 5.99. The van der Waals surface area contributed by atoms with E-state index < -0.39 is 0 Å². The summed E-state index contributed by atoms with van der Waals surface area (Å²) in [7, 11) is 0. The molecule has 0 fully saturated rings. The normalized spacial score (nSPS) is 13.1. The van der Waals surface area contributed by atoms with Crippen molar-refractivity contribution in [1.29, 1.82) is 0 Å². The Balaban J connectivity index is 3.21. The maximum absolute atomic E-state index is 10.6. The first-order valence-electron chi connectivity index (χ1n) is 3.52. The van der Waals surface area contributed by atoms with Gasteiger partial charge in [-0.2, -0.15) is 0 Å². The fraction of sp³-hybridized carbons (Fsp3) is 0.857. The standard InChI is InChI=1S/C7H15NOSe/c1-3-4-10-5-7(8)6(2)9/h7H,3-5,8H2,1-2H3.